The number of hydrogen-bond acceptors (Lipinski definition) is 4. The van der Waals surface area contributed by atoms with Gasteiger partial charge < -0.3 is 19.9 Å². The molecule has 2 aliphatic rings. The fraction of sp³-hybridized carbons (Fsp3) is 0.200. The summed E-state index contributed by atoms with van der Waals surface area (Å²) >= 11 is 0. The van der Waals surface area contributed by atoms with Crippen molar-refractivity contribution in [2.24, 2.45) is 0 Å². The molecule has 0 radical (unpaired) electrons. The van der Waals surface area contributed by atoms with Crippen LogP contribution in [0.25, 0.3) is 11.1 Å². The maximum Gasteiger partial charge on any atom is 0.417 e. The number of halogens is 3. The monoisotopic (exact) mass is 469 g/mol. The van der Waals surface area contributed by atoms with E-state index >= 15 is 0 Å². The number of hydrogen-bond donors (Lipinski definition) is 2. The Balaban J connectivity index is 1.48. The van der Waals surface area contributed by atoms with Gasteiger partial charge in [-0.3, -0.25) is 4.79 Å². The molecule has 1 heterocycles. The van der Waals surface area contributed by atoms with Crippen molar-refractivity contribution in [3.8, 4) is 22.6 Å². The number of fused-ring (bicyclic) bond motifs is 1. The average Bonchev–Trinajstić information content (AvgIpc) is 3.49. The number of benzene rings is 3. The second-order valence-electron chi connectivity index (χ2n) is 8.25. The van der Waals surface area contributed by atoms with Gasteiger partial charge in [0.25, 0.3) is 0 Å². The van der Waals surface area contributed by atoms with Gasteiger partial charge in [-0.2, -0.15) is 13.2 Å². The van der Waals surface area contributed by atoms with Crippen molar-refractivity contribution < 1.29 is 37.3 Å². The number of aromatic carboxylic acids is 1. The first-order chi connectivity index (χ1) is 16.2. The molecule has 174 valence electrons. The highest BCUT2D eigenvalue weighted by molar-refractivity contribution is 6.02. The van der Waals surface area contributed by atoms with E-state index in [4.69, 9.17) is 9.47 Å². The molecule has 1 amide bonds. The molecule has 3 aromatic carbocycles. The van der Waals surface area contributed by atoms with Gasteiger partial charge in [-0.25, -0.2) is 4.79 Å². The van der Waals surface area contributed by atoms with Gasteiger partial charge in [-0.1, -0.05) is 18.2 Å². The predicted octanol–water partition coefficient (Wildman–Crippen LogP) is 5.47. The van der Waals surface area contributed by atoms with Crippen LogP contribution in [0.15, 0.2) is 60.7 Å². The van der Waals surface area contributed by atoms with Crippen LogP contribution < -0.4 is 14.8 Å². The first kappa shape index (κ1) is 21.8. The van der Waals surface area contributed by atoms with Gasteiger partial charge in [0, 0.05) is 5.69 Å². The summed E-state index contributed by atoms with van der Waals surface area (Å²) in [5.41, 5.74) is -1.07. The van der Waals surface area contributed by atoms with E-state index < -0.39 is 23.1 Å². The number of alkyl halides is 3. The predicted molar refractivity (Wildman–Crippen MR) is 116 cm³/mol. The topological polar surface area (TPSA) is 84.9 Å². The van der Waals surface area contributed by atoms with E-state index in [1.165, 1.54) is 36.4 Å². The summed E-state index contributed by atoms with van der Waals surface area (Å²) in [6.07, 6.45) is -3.49. The fourth-order valence-electron chi connectivity index (χ4n) is 4.14. The zero-order valence-corrected chi connectivity index (χ0v) is 17.6. The van der Waals surface area contributed by atoms with Crippen LogP contribution in [0.4, 0.5) is 18.9 Å². The molecule has 0 unspecified atom stereocenters. The Labute approximate surface area is 191 Å². The molecule has 1 aliphatic heterocycles. The van der Waals surface area contributed by atoms with Crippen molar-refractivity contribution in [2.75, 3.05) is 12.1 Å². The van der Waals surface area contributed by atoms with Crippen LogP contribution in [-0.2, 0) is 16.4 Å². The molecule has 9 heteroatoms. The number of carbonyl (C=O) groups excluding carboxylic acids is 1. The molecule has 1 fully saturated rings. The lowest BCUT2D eigenvalue weighted by Crippen LogP contribution is -2.27. The summed E-state index contributed by atoms with van der Waals surface area (Å²) in [5, 5.41) is 12.0. The minimum atomic E-state index is -4.67. The molecule has 34 heavy (non-hydrogen) atoms. The Morgan fingerprint density at radius 2 is 1.71 bits per heavy atom. The van der Waals surface area contributed by atoms with Gasteiger partial charge in [0.1, 0.15) is 0 Å². The SMILES string of the molecule is O=C(O)c1cccc(-c2cc(NC(=O)C3(c4ccc5c(c4)OCO5)CC3)ccc2C(F)(F)F)c1. The van der Waals surface area contributed by atoms with Gasteiger partial charge in [0.15, 0.2) is 11.5 Å². The van der Waals surface area contributed by atoms with Crippen LogP contribution in [0, 0.1) is 0 Å². The Kier molecular flexibility index (Phi) is 5.00. The van der Waals surface area contributed by atoms with E-state index in [2.05, 4.69) is 5.32 Å². The third kappa shape index (κ3) is 3.83. The number of ether oxygens (including phenoxy) is 2. The minimum Gasteiger partial charge on any atom is -0.478 e. The van der Waals surface area contributed by atoms with Crippen LogP contribution >= 0.6 is 0 Å². The number of rotatable bonds is 5. The Hall–Kier alpha value is -4.01. The van der Waals surface area contributed by atoms with E-state index in [1.54, 1.807) is 18.2 Å². The van der Waals surface area contributed by atoms with E-state index in [-0.39, 0.29) is 35.1 Å². The molecule has 0 spiro atoms. The Bertz CT molecular complexity index is 1310. The second kappa shape index (κ2) is 7.79. The molecule has 1 saturated carbocycles. The molecule has 1 aliphatic carbocycles. The van der Waals surface area contributed by atoms with Gasteiger partial charge in [0.2, 0.25) is 12.7 Å². The average molecular weight is 469 g/mol. The van der Waals surface area contributed by atoms with E-state index in [9.17, 15) is 27.9 Å². The second-order valence-corrected chi connectivity index (χ2v) is 8.25. The molecule has 0 atom stereocenters. The highest BCUT2D eigenvalue weighted by Gasteiger charge is 2.51. The number of amides is 1. The van der Waals surface area contributed by atoms with Gasteiger partial charge in [0.05, 0.1) is 16.5 Å². The van der Waals surface area contributed by atoms with Crippen LogP contribution in [0.2, 0.25) is 0 Å². The number of nitrogens with one attached hydrogen (secondary N) is 1. The summed E-state index contributed by atoms with van der Waals surface area (Å²) in [6, 6.07) is 13.8. The summed E-state index contributed by atoms with van der Waals surface area (Å²) < 4.78 is 51.8. The normalized spacial score (nSPS) is 15.6. The number of carbonyl (C=O) groups is 2. The van der Waals surface area contributed by atoms with Crippen molar-refractivity contribution in [3.63, 3.8) is 0 Å². The summed E-state index contributed by atoms with van der Waals surface area (Å²) in [5.74, 6) is -0.446. The number of carboxylic acid groups (broad SMARTS) is 1. The summed E-state index contributed by atoms with van der Waals surface area (Å²) in [6.45, 7) is 0.107. The quantitative estimate of drug-likeness (QED) is 0.518. The standard InChI is InChI=1S/C25H18F3NO5/c26-25(27,28)19-6-5-17(12-18(19)14-2-1-3-15(10-14)22(30)31)29-23(32)24(8-9-24)16-4-7-20-21(11-16)34-13-33-20/h1-7,10-12H,8-9,13H2,(H,29,32)(H,30,31). The fourth-order valence-corrected chi connectivity index (χ4v) is 4.14. The lowest BCUT2D eigenvalue weighted by molar-refractivity contribution is -0.137. The first-order valence-electron chi connectivity index (χ1n) is 10.4. The van der Waals surface area contributed by atoms with E-state index in [1.807, 2.05) is 0 Å². The molecule has 0 saturated heterocycles. The third-order valence-corrected chi connectivity index (χ3v) is 6.11. The minimum absolute atomic E-state index is 0.0835. The van der Waals surface area contributed by atoms with Crippen LogP contribution in [0.5, 0.6) is 11.5 Å². The zero-order valence-electron chi connectivity index (χ0n) is 17.6. The largest absolute Gasteiger partial charge is 0.478 e. The highest BCUT2D eigenvalue weighted by atomic mass is 19.4. The van der Waals surface area contributed by atoms with Crippen LogP contribution in [-0.4, -0.2) is 23.8 Å². The Morgan fingerprint density at radius 1 is 0.941 bits per heavy atom. The summed E-state index contributed by atoms with van der Waals surface area (Å²) in [4.78, 5) is 24.5. The lowest BCUT2D eigenvalue weighted by Gasteiger charge is -2.19. The van der Waals surface area contributed by atoms with E-state index in [0.717, 1.165) is 11.6 Å². The van der Waals surface area contributed by atoms with Gasteiger partial charge in [-0.15, -0.1) is 0 Å². The Morgan fingerprint density at radius 3 is 2.41 bits per heavy atom. The first-order valence-corrected chi connectivity index (χ1v) is 10.4. The van der Waals surface area contributed by atoms with Crippen molar-refractivity contribution in [2.45, 2.75) is 24.4 Å². The van der Waals surface area contributed by atoms with Crippen LogP contribution in [0.3, 0.4) is 0 Å². The summed E-state index contributed by atoms with van der Waals surface area (Å²) in [7, 11) is 0. The van der Waals surface area contributed by atoms with Crippen molar-refractivity contribution in [3.05, 3.63) is 77.4 Å². The van der Waals surface area contributed by atoms with Crippen molar-refractivity contribution in [1.82, 2.24) is 0 Å². The molecule has 5 rings (SSSR count). The highest BCUT2D eigenvalue weighted by Crippen LogP contribution is 2.51. The lowest BCUT2D eigenvalue weighted by atomic mass is 9.93. The number of anilines is 1. The molecular weight excluding hydrogens is 451 g/mol. The van der Waals surface area contributed by atoms with Gasteiger partial charge in [-0.05, 0) is 72.0 Å². The molecule has 0 bridgehead atoms. The van der Waals surface area contributed by atoms with Crippen LogP contribution in [0.1, 0.15) is 34.3 Å². The van der Waals surface area contributed by atoms with E-state index in [0.29, 0.717) is 24.3 Å². The molecule has 6 nitrogen and oxygen atoms in total. The van der Waals surface area contributed by atoms with Crippen molar-refractivity contribution in [1.29, 1.82) is 0 Å². The zero-order chi connectivity index (χ0) is 24.1. The van der Waals surface area contributed by atoms with Crippen molar-refractivity contribution >= 4 is 17.6 Å². The maximum atomic E-state index is 13.7. The molecule has 2 N–H and O–H groups in total. The smallest absolute Gasteiger partial charge is 0.417 e. The molecule has 3 aromatic rings. The number of carboxylic acids is 1. The maximum absolute atomic E-state index is 13.7. The molecular formula is C25H18F3NO5. The van der Waals surface area contributed by atoms with Gasteiger partial charge >= 0.3 is 12.1 Å². The third-order valence-electron chi connectivity index (χ3n) is 6.11. The molecule has 0 aromatic heterocycles.